The average Bonchev–Trinajstić information content (AvgIpc) is 2.76. The molecule has 33 heavy (non-hydrogen) atoms. The summed E-state index contributed by atoms with van der Waals surface area (Å²) in [5.74, 6) is -3.49. The van der Waals surface area contributed by atoms with Crippen molar-refractivity contribution in [1.82, 2.24) is 10.0 Å². The number of sulfonamides is 1. The number of anilines is 1. The molecule has 2 rings (SSSR count). The summed E-state index contributed by atoms with van der Waals surface area (Å²) in [6.07, 6.45) is 0. The number of hydrogen-bond acceptors (Lipinski definition) is 6. The molecule has 0 spiro atoms. The third-order valence-electron chi connectivity index (χ3n) is 4.42. The molecular weight excluding hydrogens is 453 g/mol. The zero-order valence-corrected chi connectivity index (χ0v) is 19.2. The highest BCUT2D eigenvalue weighted by Gasteiger charge is 2.31. The second kappa shape index (κ2) is 11.5. The Morgan fingerprint density at radius 2 is 1.76 bits per heavy atom. The Kier molecular flexibility index (Phi) is 9.06. The second-order valence-corrected chi connectivity index (χ2v) is 9.05. The SMILES string of the molecule is CCNC(=O)c1cccc(NC(=O)COC(=O)[C@@H](NS(=O)(=O)c2ccccc2F)C(C)C)c1. The summed E-state index contributed by atoms with van der Waals surface area (Å²) < 4.78 is 46.0. The molecule has 0 saturated heterocycles. The van der Waals surface area contributed by atoms with E-state index in [1.165, 1.54) is 18.2 Å². The maximum atomic E-state index is 13.9. The van der Waals surface area contributed by atoms with Crippen molar-refractivity contribution in [2.24, 2.45) is 5.92 Å². The van der Waals surface area contributed by atoms with E-state index in [1.807, 2.05) is 0 Å². The van der Waals surface area contributed by atoms with Crippen LogP contribution in [0.15, 0.2) is 53.4 Å². The number of amides is 2. The van der Waals surface area contributed by atoms with Crippen molar-refractivity contribution in [2.45, 2.75) is 31.7 Å². The standard InChI is InChI=1S/C22H26FN3O6S/c1-4-24-21(28)15-8-7-9-16(12-15)25-19(27)13-32-22(29)20(14(2)3)26-33(30,31)18-11-6-5-10-17(18)23/h5-12,14,20,26H,4,13H2,1-3H3,(H,24,28)(H,25,27)/t20-/m0/s1. The quantitative estimate of drug-likeness (QED) is 0.447. The molecule has 0 fully saturated rings. The Morgan fingerprint density at radius 1 is 1.06 bits per heavy atom. The van der Waals surface area contributed by atoms with Crippen LogP contribution in [0, 0.1) is 11.7 Å². The number of hydrogen-bond donors (Lipinski definition) is 3. The van der Waals surface area contributed by atoms with Gasteiger partial charge in [-0.1, -0.05) is 32.0 Å². The van der Waals surface area contributed by atoms with Crippen LogP contribution in [0.4, 0.5) is 10.1 Å². The zero-order chi connectivity index (χ0) is 24.6. The van der Waals surface area contributed by atoms with Crippen LogP contribution in [-0.4, -0.2) is 45.4 Å². The van der Waals surface area contributed by atoms with E-state index < -0.39 is 51.2 Å². The van der Waals surface area contributed by atoms with Gasteiger partial charge in [0, 0.05) is 17.8 Å². The molecule has 9 nitrogen and oxygen atoms in total. The monoisotopic (exact) mass is 479 g/mol. The van der Waals surface area contributed by atoms with Gasteiger partial charge in [0.2, 0.25) is 10.0 Å². The van der Waals surface area contributed by atoms with E-state index in [0.717, 1.165) is 12.1 Å². The number of nitrogens with one attached hydrogen (secondary N) is 3. The molecule has 0 aliphatic heterocycles. The topological polar surface area (TPSA) is 131 Å². The average molecular weight is 480 g/mol. The van der Waals surface area contributed by atoms with E-state index in [-0.39, 0.29) is 5.91 Å². The molecule has 3 N–H and O–H groups in total. The van der Waals surface area contributed by atoms with Gasteiger partial charge in [0.05, 0.1) is 0 Å². The van der Waals surface area contributed by atoms with Crippen molar-refractivity contribution >= 4 is 33.5 Å². The van der Waals surface area contributed by atoms with Crippen LogP contribution in [0.5, 0.6) is 0 Å². The molecule has 0 aliphatic rings. The first-order chi connectivity index (χ1) is 15.5. The fourth-order valence-corrected chi connectivity index (χ4v) is 4.19. The van der Waals surface area contributed by atoms with E-state index in [4.69, 9.17) is 4.74 Å². The minimum absolute atomic E-state index is 0.304. The van der Waals surface area contributed by atoms with E-state index in [2.05, 4.69) is 15.4 Å². The molecule has 178 valence electrons. The van der Waals surface area contributed by atoms with Crippen molar-refractivity contribution in [3.8, 4) is 0 Å². The summed E-state index contributed by atoms with van der Waals surface area (Å²) in [6, 6.07) is 9.59. The fourth-order valence-electron chi connectivity index (χ4n) is 2.77. The first-order valence-electron chi connectivity index (χ1n) is 10.2. The van der Waals surface area contributed by atoms with Gasteiger partial charge < -0.3 is 15.4 Å². The van der Waals surface area contributed by atoms with Gasteiger partial charge in [-0.3, -0.25) is 14.4 Å². The molecule has 2 aromatic rings. The third kappa shape index (κ3) is 7.36. The Bertz CT molecular complexity index is 1120. The minimum atomic E-state index is -4.35. The first kappa shape index (κ1) is 25.9. The van der Waals surface area contributed by atoms with Crippen molar-refractivity contribution in [2.75, 3.05) is 18.5 Å². The summed E-state index contributed by atoms with van der Waals surface area (Å²) in [6.45, 7) is 4.68. The number of carbonyl (C=O) groups excluding carboxylic acids is 3. The van der Waals surface area contributed by atoms with Crippen LogP contribution < -0.4 is 15.4 Å². The lowest BCUT2D eigenvalue weighted by atomic mass is 10.1. The molecule has 11 heteroatoms. The van der Waals surface area contributed by atoms with Gasteiger partial charge in [-0.2, -0.15) is 4.72 Å². The van der Waals surface area contributed by atoms with Crippen LogP contribution in [0.25, 0.3) is 0 Å². The largest absolute Gasteiger partial charge is 0.454 e. The maximum Gasteiger partial charge on any atom is 0.324 e. The van der Waals surface area contributed by atoms with E-state index in [9.17, 15) is 27.2 Å². The Labute approximate surface area is 191 Å². The third-order valence-corrected chi connectivity index (χ3v) is 5.89. The summed E-state index contributed by atoms with van der Waals surface area (Å²) >= 11 is 0. The molecule has 2 amide bonds. The molecule has 0 unspecified atom stereocenters. The van der Waals surface area contributed by atoms with Crippen LogP contribution in [0.3, 0.4) is 0 Å². The summed E-state index contributed by atoms with van der Waals surface area (Å²) in [5.41, 5.74) is 0.662. The van der Waals surface area contributed by atoms with Crippen LogP contribution >= 0.6 is 0 Å². The minimum Gasteiger partial charge on any atom is -0.454 e. The normalized spacial score (nSPS) is 12.2. The number of rotatable bonds is 10. The van der Waals surface area contributed by atoms with Gasteiger partial charge >= 0.3 is 5.97 Å². The van der Waals surface area contributed by atoms with Crippen LogP contribution in [0.2, 0.25) is 0 Å². The molecule has 0 aromatic heterocycles. The first-order valence-corrected chi connectivity index (χ1v) is 11.6. The van der Waals surface area contributed by atoms with Crippen molar-refractivity contribution in [1.29, 1.82) is 0 Å². The Hall–Kier alpha value is -3.31. The molecule has 0 radical (unpaired) electrons. The number of carbonyl (C=O) groups is 3. The molecule has 0 heterocycles. The Morgan fingerprint density at radius 3 is 2.39 bits per heavy atom. The van der Waals surface area contributed by atoms with E-state index >= 15 is 0 Å². The zero-order valence-electron chi connectivity index (χ0n) is 18.4. The summed E-state index contributed by atoms with van der Waals surface area (Å²) in [7, 11) is -4.35. The fraction of sp³-hybridized carbons (Fsp3) is 0.318. The van der Waals surface area contributed by atoms with Gasteiger partial charge in [-0.05, 0) is 43.2 Å². The highest BCUT2D eigenvalue weighted by molar-refractivity contribution is 7.89. The lowest BCUT2D eigenvalue weighted by Gasteiger charge is -2.21. The summed E-state index contributed by atoms with van der Waals surface area (Å²) in [4.78, 5) is 36.0. The summed E-state index contributed by atoms with van der Waals surface area (Å²) in [5, 5.41) is 5.14. The van der Waals surface area contributed by atoms with Gasteiger partial charge in [0.15, 0.2) is 6.61 Å². The Balaban J connectivity index is 2.01. The van der Waals surface area contributed by atoms with Gasteiger partial charge in [0.25, 0.3) is 11.8 Å². The molecule has 2 aromatic carbocycles. The second-order valence-electron chi connectivity index (χ2n) is 7.37. The smallest absolute Gasteiger partial charge is 0.324 e. The number of esters is 1. The van der Waals surface area contributed by atoms with Crippen molar-refractivity contribution in [3.63, 3.8) is 0 Å². The predicted molar refractivity (Wildman–Crippen MR) is 119 cm³/mol. The van der Waals surface area contributed by atoms with Gasteiger partial charge in [-0.15, -0.1) is 0 Å². The lowest BCUT2D eigenvalue weighted by molar-refractivity contribution is -0.150. The number of benzene rings is 2. The lowest BCUT2D eigenvalue weighted by Crippen LogP contribution is -2.46. The molecular formula is C22H26FN3O6S. The highest BCUT2D eigenvalue weighted by Crippen LogP contribution is 2.16. The van der Waals surface area contributed by atoms with E-state index in [1.54, 1.807) is 39.0 Å². The van der Waals surface area contributed by atoms with Gasteiger partial charge in [0.1, 0.15) is 16.8 Å². The van der Waals surface area contributed by atoms with Gasteiger partial charge in [-0.25, -0.2) is 12.8 Å². The molecule has 0 aliphatic carbocycles. The maximum absolute atomic E-state index is 13.9. The van der Waals surface area contributed by atoms with Crippen molar-refractivity contribution < 1.29 is 31.9 Å². The molecule has 0 bridgehead atoms. The highest BCUT2D eigenvalue weighted by atomic mass is 32.2. The predicted octanol–water partition coefficient (Wildman–Crippen LogP) is 2.06. The molecule has 1 atom stereocenters. The van der Waals surface area contributed by atoms with Crippen LogP contribution in [-0.2, 0) is 24.3 Å². The van der Waals surface area contributed by atoms with Crippen molar-refractivity contribution in [3.05, 3.63) is 59.9 Å². The number of halogens is 1. The molecule has 0 saturated carbocycles. The van der Waals surface area contributed by atoms with Crippen LogP contribution in [0.1, 0.15) is 31.1 Å². The number of ether oxygens (including phenoxy) is 1. The van der Waals surface area contributed by atoms with E-state index in [0.29, 0.717) is 17.8 Å².